The zero-order valence-electron chi connectivity index (χ0n) is 8.76. The highest BCUT2D eigenvalue weighted by Crippen LogP contribution is 2.24. The van der Waals surface area contributed by atoms with Gasteiger partial charge in [0.2, 0.25) is 0 Å². The molecule has 1 rings (SSSR count). The minimum Gasteiger partial charge on any atom is -0.489 e. The first-order chi connectivity index (χ1) is 7.90. The van der Waals surface area contributed by atoms with E-state index in [1.54, 1.807) is 0 Å². The van der Waals surface area contributed by atoms with Crippen LogP contribution < -0.4 is 9.47 Å². The van der Waals surface area contributed by atoms with E-state index in [1.165, 1.54) is 24.3 Å². The van der Waals surface area contributed by atoms with E-state index >= 15 is 0 Å². The largest absolute Gasteiger partial charge is 0.573 e. The third-order valence-electron chi connectivity index (χ3n) is 1.69. The van der Waals surface area contributed by atoms with Gasteiger partial charge in [-0.05, 0) is 29.8 Å². The number of ether oxygens (including phenoxy) is 2. The lowest BCUT2D eigenvalue weighted by Gasteiger charge is -2.10. The Morgan fingerprint density at radius 2 is 1.71 bits per heavy atom. The van der Waals surface area contributed by atoms with Crippen molar-refractivity contribution in [3.63, 3.8) is 0 Å². The molecule has 0 aliphatic carbocycles. The van der Waals surface area contributed by atoms with E-state index in [2.05, 4.69) is 11.3 Å². The molecule has 0 aliphatic rings. The Labute approximate surface area is 102 Å². The van der Waals surface area contributed by atoms with Crippen LogP contribution in [0.15, 0.2) is 36.4 Å². The molecule has 1 aromatic carbocycles. The summed E-state index contributed by atoms with van der Waals surface area (Å²) in [7, 11) is 0. The Balaban J connectivity index is 2.53. The predicted octanol–water partition coefficient (Wildman–Crippen LogP) is 3.76. The van der Waals surface area contributed by atoms with Crippen molar-refractivity contribution in [3.05, 3.63) is 36.4 Å². The Bertz CT molecular complexity index is 373. The lowest BCUT2D eigenvalue weighted by Crippen LogP contribution is -2.16. The maximum atomic E-state index is 11.9. The molecule has 0 unspecified atom stereocenters. The highest BCUT2D eigenvalue weighted by atomic mass is 35.5. The minimum atomic E-state index is -4.69. The summed E-state index contributed by atoms with van der Waals surface area (Å²) in [5.41, 5.74) is 0.683. The number of halogens is 4. The number of benzene rings is 1. The maximum absolute atomic E-state index is 11.9. The first-order valence-corrected chi connectivity index (χ1v) is 5.15. The van der Waals surface area contributed by atoms with Crippen LogP contribution in [0.2, 0.25) is 0 Å². The molecule has 0 radical (unpaired) electrons. The van der Waals surface area contributed by atoms with Gasteiger partial charge in [-0.2, -0.15) is 0 Å². The van der Waals surface area contributed by atoms with Crippen LogP contribution in [0.3, 0.4) is 0 Å². The molecular formula is C11H10ClF3O2. The second-order valence-electron chi connectivity index (χ2n) is 3.19. The molecule has 1 aromatic rings. The first-order valence-electron chi connectivity index (χ1n) is 4.62. The summed E-state index contributed by atoms with van der Waals surface area (Å²) in [6.07, 6.45) is -4.69. The third-order valence-corrected chi connectivity index (χ3v) is 2.07. The quantitative estimate of drug-likeness (QED) is 0.597. The number of hydrogen-bond donors (Lipinski definition) is 0. The Morgan fingerprint density at radius 3 is 2.18 bits per heavy atom. The van der Waals surface area contributed by atoms with Gasteiger partial charge >= 0.3 is 6.36 Å². The van der Waals surface area contributed by atoms with E-state index < -0.39 is 6.36 Å². The molecule has 2 nitrogen and oxygen atoms in total. The molecule has 0 saturated heterocycles. The van der Waals surface area contributed by atoms with Gasteiger partial charge in [-0.25, -0.2) is 0 Å². The van der Waals surface area contributed by atoms with E-state index in [1.807, 2.05) is 0 Å². The highest BCUT2D eigenvalue weighted by Gasteiger charge is 2.30. The van der Waals surface area contributed by atoms with Crippen LogP contribution in [0.25, 0.3) is 0 Å². The predicted molar refractivity (Wildman–Crippen MR) is 58.5 cm³/mol. The summed E-state index contributed by atoms with van der Waals surface area (Å²) >= 11 is 5.49. The Kier molecular flexibility index (Phi) is 4.69. The smallest absolute Gasteiger partial charge is 0.489 e. The van der Waals surface area contributed by atoms with Gasteiger partial charge in [-0.3, -0.25) is 0 Å². The second kappa shape index (κ2) is 5.82. The van der Waals surface area contributed by atoms with Crippen LogP contribution in [0.4, 0.5) is 13.2 Å². The molecule has 0 heterocycles. The van der Waals surface area contributed by atoms with Gasteiger partial charge in [0.15, 0.2) is 0 Å². The van der Waals surface area contributed by atoms with Crippen LogP contribution in [0.1, 0.15) is 0 Å². The van der Waals surface area contributed by atoms with Crippen molar-refractivity contribution in [1.29, 1.82) is 0 Å². The molecule has 94 valence electrons. The molecule has 0 saturated carbocycles. The van der Waals surface area contributed by atoms with Crippen molar-refractivity contribution in [2.75, 3.05) is 12.5 Å². The molecule has 6 heteroatoms. The van der Waals surface area contributed by atoms with Crippen LogP contribution in [0.5, 0.6) is 11.5 Å². The average molecular weight is 267 g/mol. The van der Waals surface area contributed by atoms with Gasteiger partial charge in [-0.15, -0.1) is 24.8 Å². The van der Waals surface area contributed by atoms with Gasteiger partial charge < -0.3 is 9.47 Å². The molecule has 17 heavy (non-hydrogen) atoms. The number of rotatable bonds is 5. The zero-order valence-corrected chi connectivity index (χ0v) is 9.52. The topological polar surface area (TPSA) is 18.5 Å². The fraction of sp³-hybridized carbons (Fsp3) is 0.273. The lowest BCUT2D eigenvalue weighted by atomic mass is 10.3. The van der Waals surface area contributed by atoms with Gasteiger partial charge in [-0.1, -0.05) is 6.58 Å². The molecule has 0 aliphatic heterocycles. The summed E-state index contributed by atoms with van der Waals surface area (Å²) in [5, 5.41) is 0. The van der Waals surface area contributed by atoms with Crippen LogP contribution in [-0.4, -0.2) is 18.8 Å². The standard InChI is InChI=1S/C11H10ClF3O2/c1-8(6-12)7-16-9-2-4-10(5-3-9)17-11(13,14)15/h2-5H,1,6-7H2. The van der Waals surface area contributed by atoms with E-state index in [0.717, 1.165) is 0 Å². The summed E-state index contributed by atoms with van der Waals surface area (Å²) in [5.74, 6) is 0.404. The molecule has 0 spiro atoms. The molecule has 0 fully saturated rings. The molecule has 0 atom stereocenters. The number of hydrogen-bond acceptors (Lipinski definition) is 2. The van der Waals surface area contributed by atoms with Gasteiger partial charge in [0.05, 0.1) is 0 Å². The fourth-order valence-corrected chi connectivity index (χ4v) is 1.04. The monoisotopic (exact) mass is 266 g/mol. The molecule has 0 aromatic heterocycles. The second-order valence-corrected chi connectivity index (χ2v) is 3.46. The van der Waals surface area contributed by atoms with Crippen molar-refractivity contribution in [2.45, 2.75) is 6.36 Å². The van der Waals surface area contributed by atoms with Gasteiger partial charge in [0.25, 0.3) is 0 Å². The summed E-state index contributed by atoms with van der Waals surface area (Å²) < 4.78 is 44.5. The normalized spacial score (nSPS) is 11.1. The van der Waals surface area contributed by atoms with E-state index in [-0.39, 0.29) is 18.2 Å². The van der Waals surface area contributed by atoms with Gasteiger partial charge in [0.1, 0.15) is 18.1 Å². The summed E-state index contributed by atoms with van der Waals surface area (Å²) in [6, 6.07) is 5.10. The first kappa shape index (κ1) is 13.7. The van der Waals surface area contributed by atoms with Crippen molar-refractivity contribution in [3.8, 4) is 11.5 Å². The van der Waals surface area contributed by atoms with Gasteiger partial charge in [0, 0.05) is 5.88 Å². The summed E-state index contributed by atoms with van der Waals surface area (Å²) in [6.45, 7) is 3.85. The minimum absolute atomic E-state index is 0.225. The molecule has 0 N–H and O–H groups in total. The van der Waals surface area contributed by atoms with Crippen LogP contribution in [-0.2, 0) is 0 Å². The summed E-state index contributed by atoms with van der Waals surface area (Å²) in [4.78, 5) is 0. The third kappa shape index (κ3) is 5.49. The fourth-order valence-electron chi connectivity index (χ4n) is 0.962. The molecular weight excluding hydrogens is 257 g/mol. The number of alkyl halides is 4. The molecule has 0 amide bonds. The van der Waals surface area contributed by atoms with Crippen LogP contribution in [0, 0.1) is 0 Å². The average Bonchev–Trinajstić information content (AvgIpc) is 2.25. The Morgan fingerprint density at radius 1 is 1.18 bits per heavy atom. The van der Waals surface area contributed by atoms with E-state index in [4.69, 9.17) is 16.3 Å². The highest BCUT2D eigenvalue weighted by molar-refractivity contribution is 6.19. The zero-order chi connectivity index (χ0) is 12.9. The van der Waals surface area contributed by atoms with Crippen molar-refractivity contribution >= 4 is 11.6 Å². The maximum Gasteiger partial charge on any atom is 0.573 e. The Hall–Kier alpha value is -1.36. The van der Waals surface area contributed by atoms with Crippen LogP contribution >= 0.6 is 11.6 Å². The van der Waals surface area contributed by atoms with Crippen molar-refractivity contribution in [1.82, 2.24) is 0 Å². The molecule has 0 bridgehead atoms. The van der Waals surface area contributed by atoms with E-state index in [9.17, 15) is 13.2 Å². The van der Waals surface area contributed by atoms with E-state index in [0.29, 0.717) is 11.3 Å². The van der Waals surface area contributed by atoms with Crippen molar-refractivity contribution < 1.29 is 22.6 Å². The SMILES string of the molecule is C=C(CCl)COc1ccc(OC(F)(F)F)cc1. The van der Waals surface area contributed by atoms with Crippen molar-refractivity contribution in [2.24, 2.45) is 0 Å². The lowest BCUT2D eigenvalue weighted by molar-refractivity contribution is -0.274.